The molecular weight excluding hydrogens is 620 g/mol. The highest BCUT2D eigenvalue weighted by Gasteiger charge is 2.42. The summed E-state index contributed by atoms with van der Waals surface area (Å²) in [7, 11) is 0. The minimum absolute atomic E-state index is 0.0732. The molecule has 2 aromatic heterocycles. The first kappa shape index (κ1) is 27.2. The van der Waals surface area contributed by atoms with Crippen molar-refractivity contribution in [3.8, 4) is 11.3 Å². The number of hydrogen-bond donors (Lipinski definition) is 1. The summed E-state index contributed by atoms with van der Waals surface area (Å²) in [6.07, 6.45) is 1.78. The molecule has 5 aromatic rings. The van der Waals surface area contributed by atoms with Gasteiger partial charge in [-0.3, -0.25) is 15.1 Å². The molecule has 0 bridgehead atoms. The Balaban J connectivity index is 1.33. The molecule has 1 saturated heterocycles. The van der Waals surface area contributed by atoms with Gasteiger partial charge in [0.15, 0.2) is 5.11 Å². The number of rotatable bonds is 7. The number of non-ortho nitro benzene ring substituents is 1. The molecule has 0 spiro atoms. The second-order valence-electron chi connectivity index (χ2n) is 9.53. The molecule has 1 aliphatic rings. The van der Waals surface area contributed by atoms with Gasteiger partial charge < -0.3 is 14.6 Å². The van der Waals surface area contributed by atoms with E-state index in [-0.39, 0.29) is 17.8 Å². The topological polar surface area (TPSA) is 84.4 Å². The number of nitro benzene ring substituents is 1. The molecule has 0 aliphatic carbocycles. The number of nitrogens with zero attached hydrogens (tertiary/aromatic N) is 3. The van der Waals surface area contributed by atoms with Crippen molar-refractivity contribution in [3.05, 3.63) is 135 Å². The van der Waals surface area contributed by atoms with Crippen LogP contribution in [0.4, 0.5) is 11.4 Å². The fourth-order valence-electron chi connectivity index (χ4n) is 4.85. The predicted molar refractivity (Wildman–Crippen MR) is 168 cm³/mol. The van der Waals surface area contributed by atoms with Gasteiger partial charge in [0.25, 0.3) is 5.69 Å². The zero-order valence-electron chi connectivity index (χ0n) is 21.7. The Labute approximate surface area is 254 Å². The normalized spacial score (nSPS) is 16.5. The quantitative estimate of drug-likeness (QED) is 0.107. The molecule has 0 amide bonds. The molecule has 10 heteroatoms. The van der Waals surface area contributed by atoms with Crippen molar-refractivity contribution in [2.75, 3.05) is 4.90 Å². The van der Waals surface area contributed by atoms with Crippen LogP contribution in [0.1, 0.15) is 29.1 Å². The van der Waals surface area contributed by atoms with Gasteiger partial charge in [0.2, 0.25) is 0 Å². The minimum atomic E-state index is -0.396. The Kier molecular flexibility index (Phi) is 7.61. The minimum Gasteiger partial charge on any atom is -0.459 e. The van der Waals surface area contributed by atoms with Crippen molar-refractivity contribution in [1.82, 2.24) is 10.3 Å². The largest absolute Gasteiger partial charge is 0.459 e. The first-order valence-electron chi connectivity index (χ1n) is 12.8. The fourth-order valence-corrected chi connectivity index (χ4v) is 6.70. The maximum Gasteiger partial charge on any atom is 0.269 e. The van der Waals surface area contributed by atoms with Crippen LogP contribution in [0.5, 0.6) is 0 Å². The van der Waals surface area contributed by atoms with E-state index in [1.807, 2.05) is 54.6 Å². The second-order valence-corrected chi connectivity index (χ2v) is 11.9. The molecule has 6 rings (SSSR count). The van der Waals surface area contributed by atoms with Gasteiger partial charge in [0, 0.05) is 43.8 Å². The number of hydrogen-bond acceptors (Lipinski definition) is 6. The van der Waals surface area contributed by atoms with E-state index in [1.165, 1.54) is 23.9 Å². The van der Waals surface area contributed by atoms with Crippen molar-refractivity contribution in [1.29, 1.82) is 0 Å². The van der Waals surface area contributed by atoms with Crippen LogP contribution in [0, 0.1) is 17.0 Å². The summed E-state index contributed by atoms with van der Waals surface area (Å²) >= 11 is 11.1. The maximum absolute atomic E-state index is 11.0. The summed E-state index contributed by atoms with van der Waals surface area (Å²) in [6, 6.07) is 30.2. The molecule has 7 nitrogen and oxygen atoms in total. The summed E-state index contributed by atoms with van der Waals surface area (Å²) in [6.45, 7) is 2.05. The third kappa shape index (κ3) is 5.63. The first-order valence-corrected chi connectivity index (χ1v) is 14.8. The molecule has 1 fully saturated rings. The number of aromatic nitrogens is 1. The van der Waals surface area contributed by atoms with E-state index in [0.29, 0.717) is 5.11 Å². The molecule has 1 N–H and O–H groups in total. The molecule has 3 heterocycles. The average molecular weight is 644 g/mol. The lowest BCUT2D eigenvalue weighted by molar-refractivity contribution is -0.384. The van der Waals surface area contributed by atoms with Gasteiger partial charge in [-0.1, -0.05) is 39.8 Å². The lowest BCUT2D eigenvalue weighted by Gasteiger charge is -2.26. The highest BCUT2D eigenvalue weighted by Crippen LogP contribution is 2.44. The number of benzene rings is 3. The zero-order valence-corrected chi connectivity index (χ0v) is 24.9. The number of nitrogens with one attached hydrogen (secondary N) is 1. The van der Waals surface area contributed by atoms with Crippen molar-refractivity contribution >= 4 is 56.4 Å². The van der Waals surface area contributed by atoms with Crippen molar-refractivity contribution < 1.29 is 9.34 Å². The monoisotopic (exact) mass is 642 g/mol. The number of aryl methyl sites for hydroxylation is 1. The van der Waals surface area contributed by atoms with E-state index < -0.39 is 4.92 Å². The molecular formula is C31H23BrN4O3S2. The van der Waals surface area contributed by atoms with Crippen LogP contribution in [0.25, 0.3) is 11.3 Å². The summed E-state index contributed by atoms with van der Waals surface area (Å²) in [5.74, 6) is 1.53. The van der Waals surface area contributed by atoms with Crippen molar-refractivity contribution in [2.45, 2.75) is 28.8 Å². The second kappa shape index (κ2) is 11.5. The number of nitro groups is 1. The van der Waals surface area contributed by atoms with E-state index in [0.717, 1.165) is 48.3 Å². The van der Waals surface area contributed by atoms with Gasteiger partial charge in [-0.25, -0.2) is 0 Å². The number of thiocarbonyl (C=S) groups is 1. The van der Waals surface area contributed by atoms with E-state index in [2.05, 4.69) is 56.3 Å². The van der Waals surface area contributed by atoms with Gasteiger partial charge in [-0.05, 0) is 97.5 Å². The third-order valence-corrected chi connectivity index (χ3v) is 8.79. The number of anilines is 1. The van der Waals surface area contributed by atoms with Gasteiger partial charge in [-0.15, -0.1) is 0 Å². The van der Waals surface area contributed by atoms with E-state index in [9.17, 15) is 10.1 Å². The lowest BCUT2D eigenvalue weighted by Crippen LogP contribution is -2.29. The summed E-state index contributed by atoms with van der Waals surface area (Å²) < 4.78 is 7.47. The average Bonchev–Trinajstić information content (AvgIpc) is 3.59. The third-order valence-electron chi connectivity index (χ3n) is 6.80. The first-order chi connectivity index (χ1) is 19.9. The SMILES string of the molecule is Cc1ccc(-c2ccc([C@H]3[C@@H](c4ccccn4)NC(=S)N3c3ccc(Sc4ccc([N+](=O)[O-])cc4)cc3)o2)c(Br)c1. The van der Waals surface area contributed by atoms with E-state index in [1.54, 1.807) is 18.3 Å². The standard InChI is InChI=1S/C31H23BrN4O3S2/c1-19-5-14-24(25(32)18-19)27-15-16-28(39-27)30-29(26-4-2-3-17-33-26)34-31(40)35(30)20-6-10-22(11-7-20)41-23-12-8-21(9-13-23)36(37)38/h2-18,29-30H,1H3,(H,34,40)/t29-,30+/m1/s1. The smallest absolute Gasteiger partial charge is 0.269 e. The molecule has 2 atom stereocenters. The Bertz CT molecular complexity index is 1730. The molecule has 204 valence electrons. The Morgan fingerprint density at radius 1 is 1.00 bits per heavy atom. The van der Waals surface area contributed by atoms with Gasteiger partial charge in [0.1, 0.15) is 17.6 Å². The molecule has 41 heavy (non-hydrogen) atoms. The van der Waals surface area contributed by atoms with Crippen LogP contribution < -0.4 is 10.2 Å². The van der Waals surface area contributed by atoms with Crippen LogP contribution in [0.3, 0.4) is 0 Å². The van der Waals surface area contributed by atoms with Gasteiger partial charge in [0.05, 0.1) is 16.7 Å². The molecule has 0 radical (unpaired) electrons. The summed E-state index contributed by atoms with van der Waals surface area (Å²) in [5, 5.41) is 15.0. The summed E-state index contributed by atoms with van der Waals surface area (Å²) in [5.41, 5.74) is 3.98. The van der Waals surface area contributed by atoms with Crippen molar-refractivity contribution in [2.24, 2.45) is 0 Å². The highest BCUT2D eigenvalue weighted by molar-refractivity contribution is 9.10. The fraction of sp³-hybridized carbons (Fsp3) is 0.0968. The number of pyridine rings is 1. The Hall–Kier alpha value is -3.99. The van der Waals surface area contributed by atoms with E-state index in [4.69, 9.17) is 16.6 Å². The highest BCUT2D eigenvalue weighted by atomic mass is 79.9. The van der Waals surface area contributed by atoms with E-state index >= 15 is 0 Å². The predicted octanol–water partition coefficient (Wildman–Crippen LogP) is 8.65. The molecule has 1 aliphatic heterocycles. The van der Waals surface area contributed by atoms with Crippen LogP contribution >= 0.6 is 39.9 Å². The Morgan fingerprint density at radius 3 is 2.39 bits per heavy atom. The molecule has 0 saturated carbocycles. The van der Waals surface area contributed by atoms with Gasteiger partial charge in [-0.2, -0.15) is 0 Å². The number of furan rings is 1. The van der Waals surface area contributed by atoms with Crippen LogP contribution in [0.15, 0.2) is 122 Å². The van der Waals surface area contributed by atoms with Crippen LogP contribution in [-0.4, -0.2) is 15.0 Å². The lowest BCUT2D eigenvalue weighted by atomic mass is 10.0. The van der Waals surface area contributed by atoms with Gasteiger partial charge >= 0.3 is 0 Å². The molecule has 3 aromatic carbocycles. The summed E-state index contributed by atoms with van der Waals surface area (Å²) in [4.78, 5) is 19.2. The van der Waals surface area contributed by atoms with Crippen LogP contribution in [0.2, 0.25) is 0 Å². The van der Waals surface area contributed by atoms with Crippen LogP contribution in [-0.2, 0) is 0 Å². The Morgan fingerprint density at radius 2 is 1.73 bits per heavy atom. The number of halogens is 1. The zero-order chi connectivity index (χ0) is 28.5. The van der Waals surface area contributed by atoms with Crippen molar-refractivity contribution in [3.63, 3.8) is 0 Å². The maximum atomic E-state index is 11.0. The molecule has 0 unspecified atom stereocenters.